The molecule has 5 heteroatoms. The summed E-state index contributed by atoms with van der Waals surface area (Å²) in [6.45, 7) is 0. The molecule has 0 saturated carbocycles. The highest BCUT2D eigenvalue weighted by Crippen LogP contribution is 2.33. The van der Waals surface area contributed by atoms with Gasteiger partial charge in [0.15, 0.2) is 0 Å². The third-order valence-electron chi connectivity index (χ3n) is 3.19. The number of imide groups is 1. The van der Waals surface area contributed by atoms with Gasteiger partial charge in [-0.25, -0.2) is 4.90 Å². The fourth-order valence-electron chi connectivity index (χ4n) is 2.21. The molecule has 0 unspecified atom stereocenters. The highest BCUT2D eigenvalue weighted by molar-refractivity contribution is 9.10. The van der Waals surface area contributed by atoms with E-state index in [9.17, 15) is 9.59 Å². The number of anilines is 1. The van der Waals surface area contributed by atoms with Crippen molar-refractivity contribution in [1.82, 2.24) is 0 Å². The van der Waals surface area contributed by atoms with Crippen LogP contribution in [-0.4, -0.2) is 18.9 Å². The molecule has 3 rings (SSSR count). The van der Waals surface area contributed by atoms with Crippen molar-refractivity contribution in [2.45, 2.75) is 0 Å². The zero-order chi connectivity index (χ0) is 14.3. The topological polar surface area (TPSA) is 46.6 Å². The number of ether oxygens (including phenoxy) is 1. The SMILES string of the molecule is COc1cc(N2C(=O)c3ccccc3C2=O)ccc1Br. The highest BCUT2D eigenvalue weighted by atomic mass is 79.9. The number of nitrogens with zero attached hydrogens (tertiary/aromatic N) is 1. The van der Waals surface area contributed by atoms with E-state index in [0.717, 1.165) is 4.47 Å². The van der Waals surface area contributed by atoms with Crippen LogP contribution in [0.25, 0.3) is 0 Å². The Morgan fingerprint density at radius 3 is 2.15 bits per heavy atom. The molecule has 0 N–H and O–H groups in total. The van der Waals surface area contributed by atoms with E-state index in [-0.39, 0.29) is 11.8 Å². The highest BCUT2D eigenvalue weighted by Gasteiger charge is 2.36. The summed E-state index contributed by atoms with van der Waals surface area (Å²) in [7, 11) is 1.53. The first-order valence-electron chi connectivity index (χ1n) is 5.95. The van der Waals surface area contributed by atoms with Crippen molar-refractivity contribution in [2.24, 2.45) is 0 Å². The van der Waals surface area contributed by atoms with Crippen LogP contribution in [0.2, 0.25) is 0 Å². The molecular weight excluding hydrogens is 322 g/mol. The van der Waals surface area contributed by atoms with E-state index in [0.29, 0.717) is 22.6 Å². The fourth-order valence-corrected chi connectivity index (χ4v) is 2.62. The van der Waals surface area contributed by atoms with Crippen LogP contribution in [0.5, 0.6) is 5.75 Å². The number of methoxy groups -OCH3 is 1. The number of rotatable bonds is 2. The Kier molecular flexibility index (Phi) is 3.06. The molecular formula is C15H10BrNO3. The average Bonchev–Trinajstić information content (AvgIpc) is 2.72. The van der Waals surface area contributed by atoms with Gasteiger partial charge in [-0.15, -0.1) is 0 Å². The van der Waals surface area contributed by atoms with Gasteiger partial charge in [-0.2, -0.15) is 0 Å². The van der Waals surface area contributed by atoms with Crippen molar-refractivity contribution >= 4 is 33.4 Å². The van der Waals surface area contributed by atoms with Gasteiger partial charge in [0.05, 0.1) is 28.4 Å². The first kappa shape index (κ1) is 12.9. The molecule has 0 atom stereocenters. The molecule has 0 saturated heterocycles. The molecule has 100 valence electrons. The van der Waals surface area contributed by atoms with E-state index in [1.807, 2.05) is 0 Å². The summed E-state index contributed by atoms with van der Waals surface area (Å²) in [5.41, 5.74) is 1.36. The predicted molar refractivity (Wildman–Crippen MR) is 78.3 cm³/mol. The number of hydrogen-bond donors (Lipinski definition) is 0. The molecule has 0 fully saturated rings. The lowest BCUT2D eigenvalue weighted by Crippen LogP contribution is -2.29. The molecule has 1 aliphatic heterocycles. The van der Waals surface area contributed by atoms with Gasteiger partial charge in [0, 0.05) is 6.07 Å². The standard InChI is InChI=1S/C15H10BrNO3/c1-20-13-8-9(6-7-12(13)16)17-14(18)10-4-2-3-5-11(10)15(17)19/h2-8H,1H3. The Labute approximate surface area is 124 Å². The number of carbonyl (C=O) groups excluding carboxylic acids is 2. The number of halogens is 1. The van der Waals surface area contributed by atoms with Gasteiger partial charge in [-0.3, -0.25) is 9.59 Å². The van der Waals surface area contributed by atoms with E-state index in [4.69, 9.17) is 4.74 Å². The normalized spacial score (nSPS) is 13.6. The number of benzene rings is 2. The van der Waals surface area contributed by atoms with Crippen molar-refractivity contribution < 1.29 is 14.3 Å². The molecule has 4 nitrogen and oxygen atoms in total. The summed E-state index contributed by atoms with van der Waals surface area (Å²) < 4.78 is 5.96. The Bertz CT molecular complexity index is 692. The maximum Gasteiger partial charge on any atom is 0.266 e. The van der Waals surface area contributed by atoms with E-state index in [1.54, 1.807) is 42.5 Å². The minimum absolute atomic E-state index is 0.310. The smallest absolute Gasteiger partial charge is 0.266 e. The Morgan fingerprint density at radius 1 is 1.00 bits per heavy atom. The van der Waals surface area contributed by atoms with Gasteiger partial charge >= 0.3 is 0 Å². The molecule has 0 aromatic heterocycles. The van der Waals surface area contributed by atoms with E-state index < -0.39 is 0 Å². The minimum Gasteiger partial charge on any atom is -0.495 e. The summed E-state index contributed by atoms with van der Waals surface area (Å²) in [6, 6.07) is 11.9. The number of carbonyl (C=O) groups is 2. The van der Waals surface area contributed by atoms with Gasteiger partial charge < -0.3 is 4.74 Å². The lowest BCUT2D eigenvalue weighted by molar-refractivity contribution is 0.0926. The zero-order valence-electron chi connectivity index (χ0n) is 10.6. The maximum atomic E-state index is 12.3. The number of fused-ring (bicyclic) bond motifs is 1. The number of amides is 2. The summed E-state index contributed by atoms with van der Waals surface area (Å²) in [5, 5.41) is 0. The molecule has 2 aromatic carbocycles. The Hall–Kier alpha value is -2.14. The Morgan fingerprint density at radius 2 is 1.60 bits per heavy atom. The number of hydrogen-bond acceptors (Lipinski definition) is 3. The quantitative estimate of drug-likeness (QED) is 0.793. The molecule has 0 aliphatic carbocycles. The molecule has 2 aromatic rings. The lowest BCUT2D eigenvalue weighted by atomic mass is 10.1. The van der Waals surface area contributed by atoms with Crippen LogP contribution in [0.3, 0.4) is 0 Å². The van der Waals surface area contributed by atoms with Crippen LogP contribution in [0.4, 0.5) is 5.69 Å². The van der Waals surface area contributed by atoms with Gasteiger partial charge in [0.2, 0.25) is 0 Å². The van der Waals surface area contributed by atoms with E-state index in [1.165, 1.54) is 12.0 Å². The second-order valence-corrected chi connectivity index (χ2v) is 5.16. The first-order chi connectivity index (χ1) is 9.63. The largest absolute Gasteiger partial charge is 0.495 e. The van der Waals surface area contributed by atoms with Crippen molar-refractivity contribution in [2.75, 3.05) is 12.0 Å². The summed E-state index contributed by atoms with van der Waals surface area (Å²) in [4.78, 5) is 25.9. The van der Waals surface area contributed by atoms with Crippen LogP contribution in [0, 0.1) is 0 Å². The van der Waals surface area contributed by atoms with Gasteiger partial charge in [0.25, 0.3) is 11.8 Å². The van der Waals surface area contributed by atoms with Crippen molar-refractivity contribution in [3.05, 3.63) is 58.1 Å². The Balaban J connectivity index is 2.09. The predicted octanol–water partition coefficient (Wildman–Crippen LogP) is 3.26. The molecule has 0 spiro atoms. The van der Waals surface area contributed by atoms with Crippen molar-refractivity contribution in [3.63, 3.8) is 0 Å². The van der Waals surface area contributed by atoms with Crippen molar-refractivity contribution in [1.29, 1.82) is 0 Å². The summed E-state index contributed by atoms with van der Waals surface area (Å²) in [5.74, 6) is -0.0518. The minimum atomic E-state index is -0.310. The summed E-state index contributed by atoms with van der Waals surface area (Å²) >= 11 is 3.34. The third-order valence-corrected chi connectivity index (χ3v) is 3.84. The van der Waals surface area contributed by atoms with E-state index in [2.05, 4.69) is 15.9 Å². The van der Waals surface area contributed by atoms with Crippen LogP contribution in [-0.2, 0) is 0 Å². The molecule has 2 amide bonds. The van der Waals surface area contributed by atoms with Crippen LogP contribution >= 0.6 is 15.9 Å². The van der Waals surface area contributed by atoms with Crippen LogP contribution in [0.1, 0.15) is 20.7 Å². The zero-order valence-corrected chi connectivity index (χ0v) is 12.2. The monoisotopic (exact) mass is 331 g/mol. The molecule has 1 heterocycles. The summed E-state index contributed by atoms with van der Waals surface area (Å²) in [6.07, 6.45) is 0. The fraction of sp³-hybridized carbons (Fsp3) is 0.0667. The molecule has 0 radical (unpaired) electrons. The van der Waals surface area contributed by atoms with Crippen LogP contribution < -0.4 is 9.64 Å². The van der Waals surface area contributed by atoms with E-state index >= 15 is 0 Å². The molecule has 0 bridgehead atoms. The third kappa shape index (κ3) is 1.82. The molecule has 20 heavy (non-hydrogen) atoms. The van der Waals surface area contributed by atoms with Gasteiger partial charge in [0.1, 0.15) is 5.75 Å². The first-order valence-corrected chi connectivity index (χ1v) is 6.74. The maximum absolute atomic E-state index is 12.3. The van der Waals surface area contributed by atoms with Gasteiger partial charge in [-0.1, -0.05) is 12.1 Å². The second kappa shape index (κ2) is 4.76. The average molecular weight is 332 g/mol. The van der Waals surface area contributed by atoms with Crippen molar-refractivity contribution in [3.8, 4) is 5.75 Å². The molecule has 1 aliphatic rings. The second-order valence-electron chi connectivity index (χ2n) is 4.31. The van der Waals surface area contributed by atoms with Crippen LogP contribution in [0.15, 0.2) is 46.9 Å². The van der Waals surface area contributed by atoms with Gasteiger partial charge in [-0.05, 0) is 40.2 Å². The lowest BCUT2D eigenvalue weighted by Gasteiger charge is -2.15.